The first-order chi connectivity index (χ1) is 14.3. The molecule has 0 radical (unpaired) electrons. The van der Waals surface area contributed by atoms with Crippen molar-refractivity contribution in [2.24, 2.45) is 0 Å². The lowest BCUT2D eigenvalue weighted by Crippen LogP contribution is -2.11. The number of hydrogen-bond donors (Lipinski definition) is 0. The van der Waals surface area contributed by atoms with Crippen LogP contribution >= 0.6 is 0 Å². The molecule has 5 rings (SSSR count). The second kappa shape index (κ2) is 7.53. The third kappa shape index (κ3) is 3.53. The fourth-order valence-corrected chi connectivity index (χ4v) is 3.71. The van der Waals surface area contributed by atoms with Crippen LogP contribution in [0.4, 0.5) is 0 Å². The maximum atomic E-state index is 13.4. The van der Waals surface area contributed by atoms with Crippen LogP contribution in [0.2, 0.25) is 0 Å². The Kier molecular flexibility index (Phi) is 4.59. The minimum atomic E-state index is -0.470. The number of carbonyl (C=O) groups is 1. The van der Waals surface area contributed by atoms with E-state index in [9.17, 15) is 4.79 Å². The number of epoxide rings is 1. The van der Waals surface area contributed by atoms with Gasteiger partial charge in [0.15, 0.2) is 11.9 Å². The van der Waals surface area contributed by atoms with E-state index in [0.717, 1.165) is 21.9 Å². The van der Waals surface area contributed by atoms with Gasteiger partial charge in [-0.3, -0.25) is 4.79 Å². The number of rotatable bonds is 6. The van der Waals surface area contributed by atoms with E-state index in [2.05, 4.69) is 0 Å². The molecule has 4 aromatic rings. The normalized spacial score (nSPS) is 17.8. The molecule has 1 saturated heterocycles. The molecule has 0 saturated carbocycles. The molecule has 2 atom stereocenters. The summed E-state index contributed by atoms with van der Waals surface area (Å²) in [6, 6.07) is 31.6. The van der Waals surface area contributed by atoms with Crippen LogP contribution in [0.15, 0.2) is 97.1 Å². The van der Waals surface area contributed by atoms with E-state index in [0.29, 0.717) is 17.9 Å². The largest absolute Gasteiger partial charge is 0.488 e. The van der Waals surface area contributed by atoms with Crippen LogP contribution in [-0.4, -0.2) is 11.9 Å². The zero-order valence-electron chi connectivity index (χ0n) is 15.8. The number of hydrogen-bond acceptors (Lipinski definition) is 3. The van der Waals surface area contributed by atoms with Crippen molar-refractivity contribution >= 4 is 16.6 Å². The van der Waals surface area contributed by atoms with Crippen LogP contribution in [0.25, 0.3) is 10.8 Å². The van der Waals surface area contributed by atoms with E-state index in [1.54, 1.807) is 0 Å². The Morgan fingerprint density at radius 2 is 1.48 bits per heavy atom. The molecule has 0 aliphatic carbocycles. The zero-order valence-corrected chi connectivity index (χ0v) is 15.8. The van der Waals surface area contributed by atoms with Crippen LogP contribution in [0.5, 0.6) is 5.75 Å². The van der Waals surface area contributed by atoms with Gasteiger partial charge in [-0.25, -0.2) is 0 Å². The molecule has 1 aliphatic rings. The zero-order chi connectivity index (χ0) is 19.6. The molecule has 3 nitrogen and oxygen atoms in total. The van der Waals surface area contributed by atoms with Gasteiger partial charge in [0.1, 0.15) is 18.5 Å². The van der Waals surface area contributed by atoms with Crippen LogP contribution in [0.3, 0.4) is 0 Å². The smallest absolute Gasteiger partial charge is 0.198 e. The van der Waals surface area contributed by atoms with Gasteiger partial charge in [0.25, 0.3) is 0 Å². The first kappa shape index (κ1) is 17.7. The molecule has 29 heavy (non-hydrogen) atoms. The maximum Gasteiger partial charge on any atom is 0.198 e. The lowest BCUT2D eigenvalue weighted by atomic mass is 9.96. The SMILES string of the molecule is O=C(c1c(OCc2ccccc2)ccc2ccccc12)[C@H]1O[C@H]1c1ccccc1. The highest BCUT2D eigenvalue weighted by Crippen LogP contribution is 2.43. The van der Waals surface area contributed by atoms with Gasteiger partial charge in [0.2, 0.25) is 0 Å². The standard InChI is InChI=1S/C26H20O3/c27-24(26-25(29-26)20-12-5-2-6-13-20)23-21-14-8-7-11-19(21)15-16-22(23)28-17-18-9-3-1-4-10-18/h1-16,25-26H,17H2/t25-,26+/m0/s1. The summed E-state index contributed by atoms with van der Waals surface area (Å²) < 4.78 is 11.9. The number of carbonyl (C=O) groups excluding carboxylic acids is 1. The average molecular weight is 380 g/mol. The van der Waals surface area contributed by atoms with Crippen LogP contribution in [0.1, 0.15) is 27.6 Å². The summed E-state index contributed by atoms with van der Waals surface area (Å²) in [4.78, 5) is 13.4. The lowest BCUT2D eigenvalue weighted by Gasteiger charge is -2.13. The molecular formula is C26H20O3. The Morgan fingerprint density at radius 1 is 0.793 bits per heavy atom. The highest BCUT2D eigenvalue weighted by atomic mass is 16.6. The average Bonchev–Trinajstić information content (AvgIpc) is 3.59. The summed E-state index contributed by atoms with van der Waals surface area (Å²) in [5.74, 6) is 0.568. The molecule has 142 valence electrons. The van der Waals surface area contributed by atoms with Crippen molar-refractivity contribution in [3.05, 3.63) is 114 Å². The molecule has 1 heterocycles. The van der Waals surface area contributed by atoms with Crippen molar-refractivity contribution < 1.29 is 14.3 Å². The highest BCUT2D eigenvalue weighted by Gasteiger charge is 2.47. The second-order valence-corrected chi connectivity index (χ2v) is 7.19. The van der Waals surface area contributed by atoms with Crippen molar-refractivity contribution in [2.75, 3.05) is 0 Å². The number of Topliss-reactive ketones (excluding diaryl/α,β-unsaturated/α-hetero) is 1. The molecule has 0 unspecified atom stereocenters. The Balaban J connectivity index is 1.48. The molecule has 0 aromatic heterocycles. The van der Waals surface area contributed by atoms with Gasteiger partial charge in [-0.15, -0.1) is 0 Å². The predicted octanol–water partition coefficient (Wildman–Crippen LogP) is 5.74. The molecule has 0 spiro atoms. The van der Waals surface area contributed by atoms with Gasteiger partial charge in [-0.2, -0.15) is 0 Å². The van der Waals surface area contributed by atoms with Crippen molar-refractivity contribution in [1.82, 2.24) is 0 Å². The van der Waals surface area contributed by atoms with Gasteiger partial charge in [0, 0.05) is 0 Å². The van der Waals surface area contributed by atoms with Crippen LogP contribution in [0, 0.1) is 0 Å². The van der Waals surface area contributed by atoms with Crippen molar-refractivity contribution in [3.63, 3.8) is 0 Å². The summed E-state index contributed by atoms with van der Waals surface area (Å²) >= 11 is 0. The first-order valence-corrected chi connectivity index (χ1v) is 9.74. The van der Waals surface area contributed by atoms with Crippen molar-refractivity contribution in [3.8, 4) is 5.75 Å². The van der Waals surface area contributed by atoms with Crippen LogP contribution in [-0.2, 0) is 11.3 Å². The molecule has 0 N–H and O–H groups in total. The Bertz CT molecular complexity index is 1150. The second-order valence-electron chi connectivity index (χ2n) is 7.19. The van der Waals surface area contributed by atoms with Crippen molar-refractivity contribution in [1.29, 1.82) is 0 Å². The Hall–Kier alpha value is -3.43. The molecular weight excluding hydrogens is 360 g/mol. The topological polar surface area (TPSA) is 38.8 Å². The monoisotopic (exact) mass is 380 g/mol. The molecule has 1 fully saturated rings. The van der Waals surface area contributed by atoms with E-state index in [-0.39, 0.29) is 11.9 Å². The summed E-state index contributed by atoms with van der Waals surface area (Å²) in [6.07, 6.45) is -0.660. The van der Waals surface area contributed by atoms with Gasteiger partial charge >= 0.3 is 0 Å². The van der Waals surface area contributed by atoms with E-state index in [1.807, 2.05) is 97.1 Å². The van der Waals surface area contributed by atoms with E-state index >= 15 is 0 Å². The molecule has 3 heteroatoms. The number of fused-ring (bicyclic) bond motifs is 1. The minimum Gasteiger partial charge on any atom is -0.488 e. The molecule has 0 amide bonds. The lowest BCUT2D eigenvalue weighted by molar-refractivity contribution is 0.0951. The number of ketones is 1. The quantitative estimate of drug-likeness (QED) is 0.316. The van der Waals surface area contributed by atoms with Gasteiger partial charge < -0.3 is 9.47 Å². The van der Waals surface area contributed by atoms with Crippen molar-refractivity contribution in [2.45, 2.75) is 18.8 Å². The predicted molar refractivity (Wildman–Crippen MR) is 113 cm³/mol. The molecule has 4 aromatic carbocycles. The van der Waals surface area contributed by atoms with E-state index < -0.39 is 6.10 Å². The summed E-state index contributed by atoms with van der Waals surface area (Å²) in [7, 11) is 0. The molecule has 1 aliphatic heterocycles. The van der Waals surface area contributed by atoms with E-state index in [1.165, 1.54) is 0 Å². The Labute approximate surface area is 169 Å². The fourth-order valence-electron chi connectivity index (χ4n) is 3.71. The summed E-state index contributed by atoms with van der Waals surface area (Å²) in [5, 5.41) is 1.91. The summed E-state index contributed by atoms with van der Waals surface area (Å²) in [5.41, 5.74) is 2.68. The van der Waals surface area contributed by atoms with Crippen LogP contribution < -0.4 is 4.74 Å². The maximum absolute atomic E-state index is 13.4. The number of ether oxygens (including phenoxy) is 2. The van der Waals surface area contributed by atoms with Gasteiger partial charge in [-0.05, 0) is 28.0 Å². The highest BCUT2D eigenvalue weighted by molar-refractivity contribution is 6.13. The summed E-state index contributed by atoms with van der Waals surface area (Å²) in [6.45, 7) is 0.410. The number of benzene rings is 4. The third-order valence-corrected chi connectivity index (χ3v) is 5.25. The van der Waals surface area contributed by atoms with E-state index in [4.69, 9.17) is 9.47 Å². The molecule has 0 bridgehead atoms. The van der Waals surface area contributed by atoms with Gasteiger partial charge in [0.05, 0.1) is 5.56 Å². The minimum absolute atomic E-state index is 0.0290. The van der Waals surface area contributed by atoms with Gasteiger partial charge in [-0.1, -0.05) is 91.0 Å². The Morgan fingerprint density at radius 3 is 2.28 bits per heavy atom. The third-order valence-electron chi connectivity index (χ3n) is 5.25. The first-order valence-electron chi connectivity index (χ1n) is 9.74. The fraction of sp³-hybridized carbons (Fsp3) is 0.115.